The summed E-state index contributed by atoms with van der Waals surface area (Å²) in [6.45, 7) is 12.9. The van der Waals surface area contributed by atoms with Gasteiger partial charge in [0.05, 0.1) is 6.20 Å². The minimum atomic E-state index is 0. The van der Waals surface area contributed by atoms with Crippen LogP contribution in [0.4, 0.5) is 0 Å². The maximum absolute atomic E-state index is 4.69. The molecule has 1 heterocycles. The van der Waals surface area contributed by atoms with E-state index in [0.29, 0.717) is 11.5 Å². The van der Waals surface area contributed by atoms with Crippen molar-refractivity contribution in [3.05, 3.63) is 18.0 Å². The van der Waals surface area contributed by atoms with Crippen LogP contribution >= 0.6 is 24.0 Å². The second kappa shape index (κ2) is 11.7. The Labute approximate surface area is 165 Å². The number of aryl methyl sites for hydroxylation is 2. The molecule has 0 aromatic carbocycles. The van der Waals surface area contributed by atoms with E-state index >= 15 is 0 Å². The summed E-state index contributed by atoms with van der Waals surface area (Å²) in [5.74, 6) is 0.931. The van der Waals surface area contributed by atoms with Gasteiger partial charge in [0, 0.05) is 32.4 Å². The van der Waals surface area contributed by atoms with Crippen LogP contribution < -0.4 is 10.6 Å². The molecule has 0 aliphatic rings. The second-order valence-corrected chi connectivity index (χ2v) is 7.53. The summed E-state index contributed by atoms with van der Waals surface area (Å²) in [7, 11) is 1.95. The number of rotatable bonds is 8. The molecule has 0 fully saturated rings. The summed E-state index contributed by atoms with van der Waals surface area (Å²) < 4.78 is 1.85. The van der Waals surface area contributed by atoms with E-state index in [1.54, 1.807) is 0 Å². The summed E-state index contributed by atoms with van der Waals surface area (Å²) in [6.07, 6.45) is 8.43. The Morgan fingerprint density at radius 1 is 1.38 bits per heavy atom. The molecule has 0 saturated heterocycles. The molecule has 2 N–H and O–H groups in total. The highest BCUT2D eigenvalue weighted by Gasteiger charge is 2.13. The van der Waals surface area contributed by atoms with Gasteiger partial charge in [0.15, 0.2) is 5.96 Å². The Morgan fingerprint density at radius 2 is 2.08 bits per heavy atom. The lowest BCUT2D eigenvalue weighted by Gasteiger charge is -2.23. The van der Waals surface area contributed by atoms with E-state index < -0.39 is 0 Å². The molecule has 0 radical (unpaired) electrons. The van der Waals surface area contributed by atoms with Crippen molar-refractivity contribution >= 4 is 29.9 Å². The Kier molecular flexibility index (Phi) is 11.3. The first-order valence-electron chi connectivity index (χ1n) is 8.82. The number of halogens is 1. The van der Waals surface area contributed by atoms with Gasteiger partial charge in [-0.3, -0.25) is 9.67 Å². The molecule has 1 unspecified atom stereocenters. The Balaban J connectivity index is 0.00000529. The smallest absolute Gasteiger partial charge is 0.191 e. The van der Waals surface area contributed by atoms with Crippen molar-refractivity contribution in [3.8, 4) is 0 Å². The number of aliphatic imine (C=N–C) groups is 1. The maximum atomic E-state index is 4.69. The molecule has 140 valence electrons. The first-order valence-corrected chi connectivity index (χ1v) is 8.82. The minimum absolute atomic E-state index is 0. The summed E-state index contributed by atoms with van der Waals surface area (Å²) in [6, 6.07) is 0.436. The van der Waals surface area contributed by atoms with Gasteiger partial charge in [-0.15, -0.1) is 24.0 Å². The molecule has 6 heteroatoms. The van der Waals surface area contributed by atoms with E-state index in [-0.39, 0.29) is 24.0 Å². The van der Waals surface area contributed by atoms with Crippen molar-refractivity contribution < 1.29 is 0 Å². The molecule has 0 aliphatic carbocycles. The SMILES string of the molecule is CCNC(=NCCCc1cnn(C)c1)NC(C)CCC(C)(C)C.I. The molecule has 0 aliphatic heterocycles. The molecule has 1 atom stereocenters. The summed E-state index contributed by atoms with van der Waals surface area (Å²) in [5, 5.41) is 11.0. The third kappa shape index (κ3) is 10.9. The molecule has 0 amide bonds. The first-order chi connectivity index (χ1) is 10.8. The van der Waals surface area contributed by atoms with Crippen LogP contribution in [0.15, 0.2) is 17.4 Å². The second-order valence-electron chi connectivity index (χ2n) is 7.53. The molecule has 1 aromatic heterocycles. The minimum Gasteiger partial charge on any atom is -0.357 e. The Hall–Kier alpha value is -0.790. The Morgan fingerprint density at radius 3 is 2.62 bits per heavy atom. The van der Waals surface area contributed by atoms with Gasteiger partial charge < -0.3 is 10.6 Å². The third-order valence-corrected chi connectivity index (χ3v) is 3.71. The fraction of sp³-hybridized carbons (Fsp3) is 0.778. The van der Waals surface area contributed by atoms with E-state index in [1.807, 2.05) is 17.9 Å². The van der Waals surface area contributed by atoms with Crippen LogP contribution in [0.2, 0.25) is 0 Å². The van der Waals surface area contributed by atoms with Crippen molar-refractivity contribution in [1.82, 2.24) is 20.4 Å². The van der Waals surface area contributed by atoms with E-state index in [1.165, 1.54) is 12.0 Å². The van der Waals surface area contributed by atoms with Crippen LogP contribution in [0.25, 0.3) is 0 Å². The third-order valence-electron chi connectivity index (χ3n) is 3.71. The first kappa shape index (κ1) is 23.2. The number of guanidine groups is 1. The number of hydrogen-bond donors (Lipinski definition) is 2. The number of nitrogens with one attached hydrogen (secondary N) is 2. The van der Waals surface area contributed by atoms with E-state index in [0.717, 1.165) is 38.3 Å². The quantitative estimate of drug-likeness (QED) is 0.275. The van der Waals surface area contributed by atoms with Gasteiger partial charge in [0.25, 0.3) is 0 Å². The summed E-state index contributed by atoms with van der Waals surface area (Å²) in [5.41, 5.74) is 1.66. The van der Waals surface area contributed by atoms with Crippen LogP contribution in [-0.2, 0) is 13.5 Å². The molecular weight excluding hydrogens is 413 g/mol. The predicted octanol–water partition coefficient (Wildman–Crippen LogP) is 3.74. The van der Waals surface area contributed by atoms with Gasteiger partial charge in [-0.1, -0.05) is 20.8 Å². The topological polar surface area (TPSA) is 54.2 Å². The normalized spacial score (nSPS) is 13.3. The average Bonchev–Trinajstić information content (AvgIpc) is 2.86. The van der Waals surface area contributed by atoms with Crippen molar-refractivity contribution in [2.24, 2.45) is 17.5 Å². The number of nitrogens with zero attached hydrogens (tertiary/aromatic N) is 3. The highest BCUT2D eigenvalue weighted by Crippen LogP contribution is 2.21. The molecule has 0 saturated carbocycles. The zero-order valence-corrected chi connectivity index (χ0v) is 18.6. The van der Waals surface area contributed by atoms with Crippen molar-refractivity contribution in [3.63, 3.8) is 0 Å². The fourth-order valence-corrected chi connectivity index (χ4v) is 2.35. The standard InChI is InChI=1S/C18H35N5.HI/c1-7-19-17(22-15(2)10-11-18(3,4)5)20-12-8-9-16-13-21-23(6)14-16;/h13-15H,7-12H2,1-6H3,(H2,19,20,22);1H. The van der Waals surface area contributed by atoms with Crippen LogP contribution in [0.1, 0.15) is 59.4 Å². The summed E-state index contributed by atoms with van der Waals surface area (Å²) >= 11 is 0. The molecule has 0 spiro atoms. The lowest BCUT2D eigenvalue weighted by atomic mass is 9.89. The molecule has 5 nitrogen and oxygen atoms in total. The highest BCUT2D eigenvalue weighted by molar-refractivity contribution is 14.0. The lowest BCUT2D eigenvalue weighted by Crippen LogP contribution is -2.42. The number of aromatic nitrogens is 2. The van der Waals surface area contributed by atoms with Crippen LogP contribution in [0.5, 0.6) is 0 Å². The maximum Gasteiger partial charge on any atom is 0.191 e. The van der Waals surface area contributed by atoms with Gasteiger partial charge in [-0.05, 0) is 50.5 Å². The van der Waals surface area contributed by atoms with Gasteiger partial charge in [-0.2, -0.15) is 5.10 Å². The van der Waals surface area contributed by atoms with Gasteiger partial charge in [0.2, 0.25) is 0 Å². The lowest BCUT2D eigenvalue weighted by molar-refractivity contribution is 0.346. The monoisotopic (exact) mass is 449 g/mol. The molecular formula is C18H36IN5. The van der Waals surface area contributed by atoms with Crippen LogP contribution in [0, 0.1) is 5.41 Å². The van der Waals surface area contributed by atoms with E-state index in [4.69, 9.17) is 0 Å². The van der Waals surface area contributed by atoms with E-state index in [2.05, 4.69) is 61.5 Å². The Bertz CT molecular complexity index is 476. The van der Waals surface area contributed by atoms with Crippen LogP contribution in [0.3, 0.4) is 0 Å². The van der Waals surface area contributed by atoms with Crippen LogP contribution in [-0.4, -0.2) is 34.9 Å². The van der Waals surface area contributed by atoms with Gasteiger partial charge >= 0.3 is 0 Å². The van der Waals surface area contributed by atoms with Gasteiger partial charge in [0.1, 0.15) is 0 Å². The zero-order chi connectivity index (χ0) is 17.3. The molecule has 0 bridgehead atoms. The molecule has 1 rings (SSSR count). The van der Waals surface area contributed by atoms with Crippen molar-refractivity contribution in [2.75, 3.05) is 13.1 Å². The molecule has 1 aromatic rings. The van der Waals surface area contributed by atoms with Crippen molar-refractivity contribution in [1.29, 1.82) is 0 Å². The largest absolute Gasteiger partial charge is 0.357 e. The zero-order valence-electron chi connectivity index (χ0n) is 16.2. The van der Waals surface area contributed by atoms with Gasteiger partial charge in [-0.25, -0.2) is 0 Å². The summed E-state index contributed by atoms with van der Waals surface area (Å²) in [4.78, 5) is 4.69. The predicted molar refractivity (Wildman–Crippen MR) is 114 cm³/mol. The average molecular weight is 449 g/mol. The number of hydrogen-bond acceptors (Lipinski definition) is 2. The van der Waals surface area contributed by atoms with E-state index in [9.17, 15) is 0 Å². The fourth-order valence-electron chi connectivity index (χ4n) is 2.35. The van der Waals surface area contributed by atoms with Crippen molar-refractivity contribution in [2.45, 2.75) is 66.3 Å². The highest BCUT2D eigenvalue weighted by atomic mass is 127. The molecule has 24 heavy (non-hydrogen) atoms.